The number of aromatic nitrogens is 5. The molecule has 0 radical (unpaired) electrons. The van der Waals surface area contributed by atoms with Crippen LogP contribution in [-0.2, 0) is 16.8 Å². The zero-order valence-electron chi connectivity index (χ0n) is 29.2. The first-order chi connectivity index (χ1) is 23.6. The van der Waals surface area contributed by atoms with E-state index in [0.29, 0.717) is 5.02 Å². The summed E-state index contributed by atoms with van der Waals surface area (Å²) in [6, 6.07) is 14.6. The van der Waals surface area contributed by atoms with Gasteiger partial charge in [-0.15, -0.1) is 10.2 Å². The van der Waals surface area contributed by atoms with Crippen molar-refractivity contribution in [2.75, 3.05) is 32.7 Å². The van der Waals surface area contributed by atoms with Crippen LogP contribution in [0.25, 0.3) is 16.8 Å². The van der Waals surface area contributed by atoms with Gasteiger partial charge in [0.25, 0.3) is 0 Å². The number of nitrogens with zero attached hydrogens (tertiary/aromatic N) is 8. The fourth-order valence-corrected chi connectivity index (χ4v) is 7.04. The van der Waals surface area contributed by atoms with Crippen molar-refractivity contribution in [2.45, 2.75) is 90.3 Å². The highest BCUT2D eigenvalue weighted by atomic mass is 35.5. The maximum absolute atomic E-state index is 12.3. The van der Waals surface area contributed by atoms with Crippen LogP contribution in [0, 0.1) is 6.92 Å². The van der Waals surface area contributed by atoms with Gasteiger partial charge in [0.2, 0.25) is 0 Å². The number of piperazine rings is 1. The Bertz CT molecular complexity index is 1820. The number of fused-ring (bicyclic) bond motifs is 4. The molecule has 1 saturated carbocycles. The normalized spacial score (nSPS) is 17.0. The number of benzene rings is 2. The van der Waals surface area contributed by atoms with Gasteiger partial charge in [-0.1, -0.05) is 49.1 Å². The van der Waals surface area contributed by atoms with E-state index in [0.717, 1.165) is 104 Å². The standard InChI is InChI=1S/C38H47ClN8O2/c1-27-42-43-35-38(16-17-38)41-34(28-10-13-31(39)14-11-28)32-24-29(12-15-33(32)47(27)35)30-25-40-46(26-30)19-9-7-5-6-8-18-44-20-22-45(23-21-44)36(48)49-37(2,3)4/h10-15,24-26H,5-9,16-23H2,1-4H3. The molecular formula is C38H47ClN8O2. The summed E-state index contributed by atoms with van der Waals surface area (Å²) in [6.45, 7) is 13.1. The van der Waals surface area contributed by atoms with Gasteiger partial charge in [0.1, 0.15) is 17.0 Å². The first-order valence-corrected chi connectivity index (χ1v) is 18.1. The Morgan fingerprint density at radius 3 is 2.29 bits per heavy atom. The van der Waals surface area contributed by atoms with Crippen molar-refractivity contribution in [1.82, 2.24) is 34.3 Å². The van der Waals surface area contributed by atoms with Crippen molar-refractivity contribution < 1.29 is 9.53 Å². The number of carbonyl (C=O) groups excluding carboxylic acids is 1. The maximum atomic E-state index is 12.3. The van der Waals surface area contributed by atoms with Crippen LogP contribution >= 0.6 is 11.6 Å². The molecular weight excluding hydrogens is 636 g/mol. The molecule has 10 nitrogen and oxygen atoms in total. The zero-order chi connectivity index (χ0) is 34.2. The Kier molecular flexibility index (Phi) is 9.37. The molecule has 0 unspecified atom stereocenters. The number of carbonyl (C=O) groups is 1. The second-order valence-electron chi connectivity index (χ2n) is 14.7. The zero-order valence-corrected chi connectivity index (χ0v) is 29.9. The van der Waals surface area contributed by atoms with Gasteiger partial charge in [-0.25, -0.2) is 4.79 Å². The van der Waals surface area contributed by atoms with Gasteiger partial charge in [0.05, 0.1) is 17.6 Å². The molecule has 258 valence electrons. The Balaban J connectivity index is 0.934. The van der Waals surface area contributed by atoms with Gasteiger partial charge >= 0.3 is 6.09 Å². The minimum absolute atomic E-state index is 0.194. The smallest absolute Gasteiger partial charge is 0.410 e. The third-order valence-electron chi connectivity index (χ3n) is 9.75. The van der Waals surface area contributed by atoms with E-state index in [1.54, 1.807) is 0 Å². The number of halogens is 1. The van der Waals surface area contributed by atoms with Crippen molar-refractivity contribution >= 4 is 23.4 Å². The first-order valence-electron chi connectivity index (χ1n) is 17.7. The molecule has 0 atom stereocenters. The Morgan fingerprint density at radius 1 is 0.878 bits per heavy atom. The molecule has 2 fully saturated rings. The number of rotatable bonds is 10. The summed E-state index contributed by atoms with van der Waals surface area (Å²) < 4.78 is 9.78. The minimum Gasteiger partial charge on any atom is -0.444 e. The van der Waals surface area contributed by atoms with Crippen molar-refractivity contribution in [2.24, 2.45) is 4.99 Å². The highest BCUT2D eigenvalue weighted by molar-refractivity contribution is 6.30. The third kappa shape index (κ3) is 7.45. The number of amides is 1. The highest BCUT2D eigenvalue weighted by Crippen LogP contribution is 2.51. The molecule has 7 rings (SSSR count). The fourth-order valence-electron chi connectivity index (χ4n) is 6.91. The molecule has 2 aromatic carbocycles. The van der Waals surface area contributed by atoms with E-state index in [9.17, 15) is 4.79 Å². The summed E-state index contributed by atoms with van der Waals surface area (Å²) in [5, 5.41) is 14.5. The molecule has 0 N–H and O–H groups in total. The van der Waals surface area contributed by atoms with Gasteiger partial charge in [0, 0.05) is 60.6 Å². The largest absolute Gasteiger partial charge is 0.444 e. The maximum Gasteiger partial charge on any atom is 0.410 e. The fraction of sp³-hybridized carbons (Fsp3) is 0.500. The molecule has 2 aliphatic heterocycles. The molecule has 2 aromatic heterocycles. The van der Waals surface area contributed by atoms with Crippen molar-refractivity contribution in [3.05, 3.63) is 82.7 Å². The van der Waals surface area contributed by atoms with E-state index in [-0.39, 0.29) is 11.6 Å². The predicted molar refractivity (Wildman–Crippen MR) is 193 cm³/mol. The summed E-state index contributed by atoms with van der Waals surface area (Å²) in [6.07, 6.45) is 11.8. The monoisotopic (exact) mass is 682 g/mol. The summed E-state index contributed by atoms with van der Waals surface area (Å²) in [5.74, 6) is 1.79. The van der Waals surface area contributed by atoms with Gasteiger partial charge in [-0.3, -0.25) is 19.1 Å². The summed E-state index contributed by atoms with van der Waals surface area (Å²) in [4.78, 5) is 22.0. The van der Waals surface area contributed by atoms with Crippen LogP contribution in [0.1, 0.15) is 88.5 Å². The Labute approximate surface area is 294 Å². The molecule has 11 heteroatoms. The SMILES string of the molecule is Cc1nnc2n1-c1ccc(-c3cnn(CCCCCCCN4CCN(C(=O)OC(C)(C)C)CC4)c3)cc1C(c1ccc(Cl)cc1)=NC21CC1. The number of ether oxygens (including phenoxy) is 1. The lowest BCUT2D eigenvalue weighted by Crippen LogP contribution is -2.50. The number of aliphatic imine (C=N–C) groups is 1. The van der Waals surface area contributed by atoms with Gasteiger partial charge < -0.3 is 9.64 Å². The quantitative estimate of drug-likeness (QED) is 0.162. The van der Waals surface area contributed by atoms with Gasteiger partial charge in [-0.05, 0) is 89.8 Å². The second-order valence-corrected chi connectivity index (χ2v) is 15.1. The molecule has 4 aromatic rings. The second kappa shape index (κ2) is 13.7. The van der Waals surface area contributed by atoms with Gasteiger partial charge in [-0.2, -0.15) is 5.10 Å². The molecule has 3 aliphatic rings. The minimum atomic E-state index is -0.446. The summed E-state index contributed by atoms with van der Waals surface area (Å²) in [5.41, 5.74) is 5.54. The number of hydrogen-bond acceptors (Lipinski definition) is 7. The van der Waals surface area contributed by atoms with Crippen LogP contribution < -0.4 is 0 Å². The van der Waals surface area contributed by atoms with Crippen molar-refractivity contribution in [3.8, 4) is 16.8 Å². The van der Waals surface area contributed by atoms with E-state index in [4.69, 9.17) is 26.4 Å². The van der Waals surface area contributed by atoms with E-state index in [1.807, 2.05) is 50.9 Å². The molecule has 1 spiro atoms. The predicted octanol–water partition coefficient (Wildman–Crippen LogP) is 7.44. The number of aryl methyl sites for hydroxylation is 2. The molecule has 1 aliphatic carbocycles. The summed E-state index contributed by atoms with van der Waals surface area (Å²) in [7, 11) is 0. The molecule has 1 amide bonds. The van der Waals surface area contributed by atoms with Crippen LogP contribution in [0.4, 0.5) is 4.79 Å². The van der Waals surface area contributed by atoms with E-state index in [2.05, 4.69) is 60.9 Å². The lowest BCUT2D eigenvalue weighted by Gasteiger charge is -2.35. The van der Waals surface area contributed by atoms with Crippen LogP contribution in [0.2, 0.25) is 5.02 Å². The lowest BCUT2D eigenvalue weighted by atomic mass is 9.96. The van der Waals surface area contributed by atoms with Crippen molar-refractivity contribution in [1.29, 1.82) is 0 Å². The molecule has 49 heavy (non-hydrogen) atoms. The third-order valence-corrected chi connectivity index (χ3v) is 10.0. The van der Waals surface area contributed by atoms with Crippen LogP contribution in [0.5, 0.6) is 0 Å². The van der Waals surface area contributed by atoms with E-state index >= 15 is 0 Å². The summed E-state index contributed by atoms with van der Waals surface area (Å²) >= 11 is 6.27. The first kappa shape index (κ1) is 33.5. The van der Waals surface area contributed by atoms with Crippen LogP contribution in [0.15, 0.2) is 59.9 Å². The molecule has 0 bridgehead atoms. The molecule has 4 heterocycles. The average molecular weight is 683 g/mol. The highest BCUT2D eigenvalue weighted by Gasteiger charge is 2.51. The van der Waals surface area contributed by atoms with Crippen LogP contribution in [-0.4, -0.2) is 84.5 Å². The van der Waals surface area contributed by atoms with Crippen LogP contribution in [0.3, 0.4) is 0 Å². The Hall–Kier alpha value is -4.02. The topological polar surface area (TPSA) is 93.7 Å². The lowest BCUT2D eigenvalue weighted by molar-refractivity contribution is 0.0144. The van der Waals surface area contributed by atoms with E-state index in [1.165, 1.54) is 25.7 Å². The van der Waals surface area contributed by atoms with Gasteiger partial charge in [0.15, 0.2) is 5.82 Å². The number of hydrogen-bond donors (Lipinski definition) is 0. The van der Waals surface area contributed by atoms with E-state index < -0.39 is 5.60 Å². The van der Waals surface area contributed by atoms with Crippen molar-refractivity contribution in [3.63, 3.8) is 0 Å². The number of unbranched alkanes of at least 4 members (excludes halogenated alkanes) is 4. The Morgan fingerprint density at radius 2 is 1.57 bits per heavy atom. The molecule has 1 saturated heterocycles. The average Bonchev–Trinajstić information content (AvgIpc) is 3.55.